The van der Waals surface area contributed by atoms with Crippen molar-refractivity contribution in [3.8, 4) is 0 Å². The summed E-state index contributed by atoms with van der Waals surface area (Å²) in [7, 11) is -0.390. The minimum atomic E-state index is -0.390. The van der Waals surface area contributed by atoms with Crippen LogP contribution in [0.5, 0.6) is 0 Å². The van der Waals surface area contributed by atoms with E-state index in [1.807, 2.05) is 0 Å². The van der Waals surface area contributed by atoms with Crippen LogP contribution in [0.2, 0.25) is 0 Å². The number of hydrogen-bond acceptors (Lipinski definition) is 2. The maximum Gasteiger partial charge on any atom is 0.184 e. The molecule has 27 heavy (non-hydrogen) atoms. The molecule has 1 aliphatic heterocycles. The van der Waals surface area contributed by atoms with Gasteiger partial charge < -0.3 is 4.74 Å². The Morgan fingerprint density at radius 3 is 1.93 bits per heavy atom. The minimum Gasteiger partial charge on any atom is -0.479 e. The molecule has 4 rings (SSSR count). The molecular formula is C24H24NOP. The summed E-state index contributed by atoms with van der Waals surface area (Å²) < 4.78 is 5.92. The van der Waals surface area contributed by atoms with Crippen molar-refractivity contribution in [2.75, 3.05) is 12.8 Å². The Balaban J connectivity index is 1.43. The van der Waals surface area contributed by atoms with Gasteiger partial charge in [0.2, 0.25) is 0 Å². The van der Waals surface area contributed by atoms with Crippen LogP contribution in [-0.2, 0) is 11.2 Å². The molecule has 0 radical (unpaired) electrons. The normalized spacial score (nSPS) is 16.2. The molecule has 136 valence electrons. The van der Waals surface area contributed by atoms with Gasteiger partial charge in [0.1, 0.15) is 6.61 Å². The fraction of sp³-hybridized carbons (Fsp3) is 0.208. The van der Waals surface area contributed by atoms with Crippen molar-refractivity contribution in [3.63, 3.8) is 0 Å². The second-order valence-corrected chi connectivity index (χ2v) is 9.09. The highest BCUT2D eigenvalue weighted by molar-refractivity contribution is 7.73. The molecule has 0 aromatic heterocycles. The van der Waals surface area contributed by atoms with Gasteiger partial charge in [-0.05, 0) is 36.7 Å². The summed E-state index contributed by atoms with van der Waals surface area (Å²) in [4.78, 5) is 4.85. The Bertz CT molecular complexity index is 825. The molecule has 0 fully saturated rings. The molecule has 3 heteroatoms. The van der Waals surface area contributed by atoms with Crippen molar-refractivity contribution in [3.05, 3.63) is 96.6 Å². The van der Waals surface area contributed by atoms with Crippen molar-refractivity contribution < 1.29 is 4.74 Å². The predicted molar refractivity (Wildman–Crippen MR) is 116 cm³/mol. The highest BCUT2D eigenvalue weighted by atomic mass is 31.1. The lowest BCUT2D eigenvalue weighted by Gasteiger charge is -2.18. The molecule has 2 nitrogen and oxygen atoms in total. The molecule has 1 atom stereocenters. The highest BCUT2D eigenvalue weighted by Crippen LogP contribution is 2.34. The lowest BCUT2D eigenvalue weighted by molar-refractivity contribution is 0.310. The number of hydrogen-bond donors (Lipinski definition) is 0. The summed E-state index contributed by atoms with van der Waals surface area (Å²) >= 11 is 0. The molecule has 0 amide bonds. The van der Waals surface area contributed by atoms with Crippen LogP contribution in [0.1, 0.15) is 12.0 Å². The van der Waals surface area contributed by atoms with Crippen LogP contribution < -0.4 is 10.6 Å². The second kappa shape index (κ2) is 8.97. The van der Waals surface area contributed by atoms with Crippen LogP contribution in [0, 0.1) is 0 Å². The quantitative estimate of drug-likeness (QED) is 0.557. The zero-order valence-corrected chi connectivity index (χ0v) is 16.3. The number of nitrogens with zero attached hydrogens (tertiary/aromatic N) is 1. The van der Waals surface area contributed by atoms with E-state index in [0.29, 0.717) is 6.61 Å². The maximum absolute atomic E-state index is 5.92. The van der Waals surface area contributed by atoms with Crippen LogP contribution in [0.3, 0.4) is 0 Å². The highest BCUT2D eigenvalue weighted by Gasteiger charge is 2.21. The largest absolute Gasteiger partial charge is 0.479 e. The van der Waals surface area contributed by atoms with E-state index in [1.54, 1.807) is 0 Å². The van der Waals surface area contributed by atoms with Gasteiger partial charge in [-0.25, -0.2) is 4.99 Å². The van der Waals surface area contributed by atoms with Crippen LogP contribution >= 0.6 is 7.92 Å². The zero-order valence-electron chi connectivity index (χ0n) is 15.4. The summed E-state index contributed by atoms with van der Waals surface area (Å²) in [5.41, 5.74) is 1.33. The average Bonchev–Trinajstić information content (AvgIpc) is 3.18. The number of ether oxygens (including phenoxy) is 1. The lowest BCUT2D eigenvalue weighted by atomic mass is 10.1. The van der Waals surface area contributed by atoms with Gasteiger partial charge in [-0.3, -0.25) is 0 Å². The Morgan fingerprint density at radius 2 is 1.33 bits per heavy atom. The van der Waals surface area contributed by atoms with Crippen molar-refractivity contribution in [2.45, 2.75) is 18.9 Å². The van der Waals surface area contributed by atoms with E-state index in [9.17, 15) is 0 Å². The van der Waals surface area contributed by atoms with E-state index in [1.165, 1.54) is 16.2 Å². The van der Waals surface area contributed by atoms with E-state index in [2.05, 4.69) is 91.0 Å². The van der Waals surface area contributed by atoms with Crippen molar-refractivity contribution in [2.24, 2.45) is 4.99 Å². The molecule has 1 heterocycles. The number of aliphatic imine (C=N–C) groups is 1. The Kier molecular flexibility index (Phi) is 5.96. The standard InChI is InChI=1S/C24H24NOP/c1-4-10-20(11-5-1)18-21-19-26-24(25-21)16-17-27(22-12-6-2-7-13-22)23-14-8-3-9-15-23/h1-15,21H,16-19H2/t21-/m0/s1. The van der Waals surface area contributed by atoms with Crippen LogP contribution in [0.15, 0.2) is 96.0 Å². The summed E-state index contributed by atoms with van der Waals surface area (Å²) in [6.07, 6.45) is 2.93. The van der Waals surface area contributed by atoms with E-state index in [4.69, 9.17) is 9.73 Å². The van der Waals surface area contributed by atoms with Gasteiger partial charge >= 0.3 is 0 Å². The third kappa shape index (κ3) is 4.84. The molecule has 0 spiro atoms. The Hall–Kier alpha value is -2.44. The molecule has 0 N–H and O–H groups in total. The maximum atomic E-state index is 5.92. The first-order chi connectivity index (χ1) is 13.4. The topological polar surface area (TPSA) is 21.6 Å². The molecule has 0 saturated heterocycles. The third-order valence-electron chi connectivity index (χ3n) is 4.77. The first-order valence-corrected chi connectivity index (χ1v) is 11.0. The van der Waals surface area contributed by atoms with Crippen LogP contribution in [-0.4, -0.2) is 24.7 Å². The monoisotopic (exact) mass is 373 g/mol. The SMILES string of the molecule is c1ccc(C[C@H]2COC(CCP(c3ccccc3)c3ccccc3)=N2)cc1. The molecule has 0 unspecified atom stereocenters. The molecule has 0 bridgehead atoms. The van der Waals surface area contributed by atoms with Gasteiger partial charge in [0.15, 0.2) is 5.90 Å². The van der Waals surface area contributed by atoms with Crippen molar-refractivity contribution >= 4 is 24.4 Å². The molecule has 0 aliphatic carbocycles. The Morgan fingerprint density at radius 1 is 0.778 bits per heavy atom. The molecule has 0 saturated carbocycles. The zero-order chi connectivity index (χ0) is 18.3. The summed E-state index contributed by atoms with van der Waals surface area (Å²) in [6, 6.07) is 32.5. The Labute approximate surface area is 162 Å². The van der Waals surface area contributed by atoms with Crippen molar-refractivity contribution in [1.29, 1.82) is 0 Å². The van der Waals surface area contributed by atoms with Gasteiger partial charge in [-0.1, -0.05) is 91.0 Å². The second-order valence-electron chi connectivity index (χ2n) is 6.75. The van der Waals surface area contributed by atoms with Gasteiger partial charge in [0.25, 0.3) is 0 Å². The first-order valence-electron chi connectivity index (χ1n) is 9.49. The summed E-state index contributed by atoms with van der Waals surface area (Å²) in [5.74, 6) is 0.926. The van der Waals surface area contributed by atoms with E-state index < -0.39 is 7.92 Å². The molecule has 1 aliphatic rings. The van der Waals surface area contributed by atoms with E-state index >= 15 is 0 Å². The molecule has 3 aromatic carbocycles. The number of benzene rings is 3. The molecule has 3 aromatic rings. The minimum absolute atomic E-state index is 0.252. The number of rotatable bonds is 7. The smallest absolute Gasteiger partial charge is 0.184 e. The van der Waals surface area contributed by atoms with Crippen molar-refractivity contribution in [1.82, 2.24) is 0 Å². The van der Waals surface area contributed by atoms with Gasteiger partial charge in [0, 0.05) is 6.42 Å². The summed E-state index contributed by atoms with van der Waals surface area (Å²) in [6.45, 7) is 0.707. The van der Waals surface area contributed by atoms with E-state index in [-0.39, 0.29) is 6.04 Å². The first kappa shape index (κ1) is 17.9. The summed E-state index contributed by atoms with van der Waals surface area (Å²) in [5, 5.41) is 2.83. The predicted octanol–water partition coefficient (Wildman–Crippen LogP) is 4.55. The fourth-order valence-corrected chi connectivity index (χ4v) is 5.72. The third-order valence-corrected chi connectivity index (χ3v) is 7.28. The van der Waals surface area contributed by atoms with Crippen LogP contribution in [0.25, 0.3) is 0 Å². The lowest BCUT2D eigenvalue weighted by Crippen LogP contribution is -2.15. The van der Waals surface area contributed by atoms with E-state index in [0.717, 1.165) is 24.9 Å². The fourth-order valence-electron chi connectivity index (χ4n) is 3.43. The molecular weight excluding hydrogens is 349 g/mol. The van der Waals surface area contributed by atoms with Gasteiger partial charge in [-0.15, -0.1) is 0 Å². The van der Waals surface area contributed by atoms with Gasteiger partial charge in [0.05, 0.1) is 6.04 Å². The van der Waals surface area contributed by atoms with Crippen LogP contribution in [0.4, 0.5) is 0 Å². The van der Waals surface area contributed by atoms with Gasteiger partial charge in [-0.2, -0.15) is 0 Å². The average molecular weight is 373 g/mol.